The van der Waals surface area contributed by atoms with Crippen molar-refractivity contribution in [2.45, 2.75) is 52.4 Å². The maximum atomic E-state index is 11.6. The fourth-order valence-corrected chi connectivity index (χ4v) is 1.47. The van der Waals surface area contributed by atoms with Gasteiger partial charge in [0.1, 0.15) is 0 Å². The van der Waals surface area contributed by atoms with E-state index in [2.05, 4.69) is 47.6 Å². The summed E-state index contributed by atoms with van der Waals surface area (Å²) in [6, 6.07) is 5.64. The van der Waals surface area contributed by atoms with Crippen LogP contribution in [-0.4, -0.2) is 0 Å². The molecular weight excluding hydrogens is 184 g/mol. The molecule has 1 aromatic carbocycles. The third-order valence-corrected chi connectivity index (χ3v) is 2.64. The average Bonchev–Trinajstić information content (AvgIpc) is 1.99. The quantitative estimate of drug-likeness (QED) is 0.637. The molecule has 1 heteroatoms. The van der Waals surface area contributed by atoms with Crippen molar-refractivity contribution in [3.05, 3.63) is 29.3 Å². The Balaban J connectivity index is 3.30. The van der Waals surface area contributed by atoms with E-state index >= 15 is 0 Å². The highest BCUT2D eigenvalue weighted by Gasteiger charge is 2.18. The summed E-state index contributed by atoms with van der Waals surface area (Å²) in [5, 5.41) is 11.6. The predicted octanol–water partition coefficient (Wildman–Crippen LogP) is 3.36. The fraction of sp³-hybridized carbons (Fsp3) is 0.571. The summed E-state index contributed by atoms with van der Waals surface area (Å²) < 4.78 is 0. The maximum absolute atomic E-state index is 11.6. The van der Waals surface area contributed by atoms with E-state index in [0.29, 0.717) is 0 Å². The Morgan fingerprint density at radius 2 is 1.07 bits per heavy atom. The van der Waals surface area contributed by atoms with Crippen LogP contribution in [0.4, 0.5) is 0 Å². The topological polar surface area (TPSA) is 23.1 Å². The van der Waals surface area contributed by atoms with E-state index in [4.69, 9.17) is 0 Å². The molecule has 0 saturated heterocycles. The van der Waals surface area contributed by atoms with Crippen LogP contribution in [-0.2, 0) is 10.8 Å². The molecule has 0 amide bonds. The van der Waals surface area contributed by atoms with Gasteiger partial charge in [-0.25, -0.2) is 0 Å². The van der Waals surface area contributed by atoms with E-state index in [-0.39, 0.29) is 16.6 Å². The van der Waals surface area contributed by atoms with E-state index in [1.165, 1.54) is 0 Å². The SMILES string of the molecule is CC(C)(C)c1cc([O-])cc(C(C)(C)C)c1. The lowest BCUT2D eigenvalue weighted by molar-refractivity contribution is -0.268. The molecule has 0 fully saturated rings. The van der Waals surface area contributed by atoms with Gasteiger partial charge in [-0.2, -0.15) is 0 Å². The standard InChI is InChI=1S/C14H22O/c1-13(2,3)10-7-11(14(4,5)6)9-12(15)8-10/h7-9,15H,1-6H3/p-1. The zero-order valence-electron chi connectivity index (χ0n) is 10.6. The summed E-state index contributed by atoms with van der Waals surface area (Å²) in [7, 11) is 0. The van der Waals surface area contributed by atoms with Crippen LogP contribution in [0, 0.1) is 0 Å². The molecule has 1 nitrogen and oxygen atoms in total. The predicted molar refractivity (Wildman–Crippen MR) is 63.3 cm³/mol. The average molecular weight is 205 g/mol. The van der Waals surface area contributed by atoms with Gasteiger partial charge in [0, 0.05) is 0 Å². The first kappa shape index (κ1) is 12.1. The summed E-state index contributed by atoms with van der Waals surface area (Å²) >= 11 is 0. The molecule has 0 aliphatic rings. The Kier molecular flexibility index (Phi) is 2.86. The largest absolute Gasteiger partial charge is 0.872 e. The zero-order valence-corrected chi connectivity index (χ0v) is 10.6. The third-order valence-electron chi connectivity index (χ3n) is 2.64. The molecule has 0 radical (unpaired) electrons. The number of benzene rings is 1. The molecule has 84 valence electrons. The number of hydrogen-bond acceptors (Lipinski definition) is 1. The highest BCUT2D eigenvalue weighted by molar-refractivity contribution is 5.39. The van der Waals surface area contributed by atoms with Crippen LogP contribution in [0.25, 0.3) is 0 Å². The van der Waals surface area contributed by atoms with Crippen LogP contribution in [0.3, 0.4) is 0 Å². The second-order valence-corrected chi connectivity index (χ2v) is 6.25. The molecule has 1 rings (SSSR count). The lowest BCUT2D eigenvalue weighted by atomic mass is 9.80. The first-order valence-corrected chi connectivity index (χ1v) is 5.44. The minimum absolute atomic E-state index is 0.0421. The van der Waals surface area contributed by atoms with Crippen LogP contribution in [0.15, 0.2) is 18.2 Å². The minimum Gasteiger partial charge on any atom is -0.872 e. The molecule has 0 N–H and O–H groups in total. The van der Waals surface area contributed by atoms with E-state index in [1.807, 2.05) is 0 Å². The van der Waals surface area contributed by atoms with Crippen molar-refractivity contribution in [2.24, 2.45) is 0 Å². The van der Waals surface area contributed by atoms with Crippen molar-refractivity contribution in [1.82, 2.24) is 0 Å². The fourth-order valence-electron chi connectivity index (χ4n) is 1.47. The van der Waals surface area contributed by atoms with Crippen LogP contribution in [0.5, 0.6) is 5.75 Å². The molecule has 0 spiro atoms. The first-order valence-electron chi connectivity index (χ1n) is 5.44. The van der Waals surface area contributed by atoms with Crippen molar-refractivity contribution >= 4 is 0 Å². The first-order chi connectivity index (χ1) is 6.60. The van der Waals surface area contributed by atoms with Gasteiger partial charge in [-0.05, 0) is 22.0 Å². The summed E-state index contributed by atoms with van der Waals surface area (Å²) in [6.45, 7) is 12.8. The summed E-state index contributed by atoms with van der Waals surface area (Å²) in [5.41, 5.74) is 2.33. The number of hydrogen-bond donors (Lipinski definition) is 0. The normalized spacial score (nSPS) is 12.9. The molecule has 0 heterocycles. The summed E-state index contributed by atoms with van der Waals surface area (Å²) in [5.74, 6) is 0.118. The van der Waals surface area contributed by atoms with Gasteiger partial charge in [0.2, 0.25) is 0 Å². The van der Waals surface area contributed by atoms with Crippen molar-refractivity contribution in [3.63, 3.8) is 0 Å². The van der Waals surface area contributed by atoms with Crippen LogP contribution in [0.1, 0.15) is 52.7 Å². The smallest absolute Gasteiger partial charge is 0.0132 e. The second kappa shape index (κ2) is 3.55. The monoisotopic (exact) mass is 205 g/mol. The van der Waals surface area contributed by atoms with E-state index < -0.39 is 0 Å². The van der Waals surface area contributed by atoms with Crippen LogP contribution < -0.4 is 5.11 Å². The van der Waals surface area contributed by atoms with E-state index in [1.54, 1.807) is 12.1 Å². The van der Waals surface area contributed by atoms with E-state index in [0.717, 1.165) is 11.1 Å². The summed E-state index contributed by atoms with van der Waals surface area (Å²) in [6.07, 6.45) is 0. The molecule has 0 saturated carbocycles. The molecule has 0 atom stereocenters. The molecular formula is C14H21O-. The zero-order chi connectivity index (χ0) is 11.9. The highest BCUT2D eigenvalue weighted by atomic mass is 16.3. The highest BCUT2D eigenvalue weighted by Crippen LogP contribution is 2.31. The maximum Gasteiger partial charge on any atom is -0.0132 e. The third kappa shape index (κ3) is 2.98. The molecule has 0 bridgehead atoms. The molecule has 0 aromatic heterocycles. The molecule has 0 unspecified atom stereocenters. The van der Waals surface area contributed by atoms with Gasteiger partial charge in [0.25, 0.3) is 0 Å². The molecule has 15 heavy (non-hydrogen) atoms. The summed E-state index contributed by atoms with van der Waals surface area (Å²) in [4.78, 5) is 0. The second-order valence-electron chi connectivity index (χ2n) is 6.25. The van der Waals surface area contributed by atoms with E-state index in [9.17, 15) is 5.11 Å². The van der Waals surface area contributed by atoms with Gasteiger partial charge in [0.05, 0.1) is 0 Å². The lowest BCUT2D eigenvalue weighted by Crippen LogP contribution is -2.17. The minimum atomic E-state index is 0.0421. The van der Waals surface area contributed by atoms with Gasteiger partial charge in [-0.1, -0.05) is 59.7 Å². The van der Waals surface area contributed by atoms with Gasteiger partial charge in [-0.3, -0.25) is 0 Å². The molecule has 0 aliphatic heterocycles. The van der Waals surface area contributed by atoms with Crippen molar-refractivity contribution in [3.8, 4) is 5.75 Å². The van der Waals surface area contributed by atoms with Crippen molar-refractivity contribution in [1.29, 1.82) is 0 Å². The van der Waals surface area contributed by atoms with Crippen LogP contribution >= 0.6 is 0 Å². The Bertz CT molecular complexity index is 318. The molecule has 1 aromatic rings. The van der Waals surface area contributed by atoms with Gasteiger partial charge in [-0.15, -0.1) is 5.75 Å². The van der Waals surface area contributed by atoms with Gasteiger partial charge in [0.15, 0.2) is 0 Å². The Labute approximate surface area is 93.1 Å². The molecule has 0 aliphatic carbocycles. The Morgan fingerprint density at radius 1 is 0.733 bits per heavy atom. The number of rotatable bonds is 0. The van der Waals surface area contributed by atoms with Crippen LogP contribution in [0.2, 0.25) is 0 Å². The lowest BCUT2D eigenvalue weighted by Gasteiger charge is -2.27. The van der Waals surface area contributed by atoms with Crippen molar-refractivity contribution in [2.75, 3.05) is 0 Å². The Hall–Kier alpha value is -0.980. The Morgan fingerprint density at radius 3 is 1.33 bits per heavy atom. The van der Waals surface area contributed by atoms with Gasteiger partial charge < -0.3 is 5.11 Å². The van der Waals surface area contributed by atoms with Crippen molar-refractivity contribution < 1.29 is 5.11 Å². The van der Waals surface area contributed by atoms with Gasteiger partial charge >= 0.3 is 0 Å².